The Bertz CT molecular complexity index is 1340. The van der Waals surface area contributed by atoms with Crippen molar-refractivity contribution in [2.24, 2.45) is 0 Å². The number of hydrogen-bond donors (Lipinski definition) is 1. The van der Waals surface area contributed by atoms with Crippen LogP contribution in [-0.2, 0) is 28.2 Å². The quantitative estimate of drug-likeness (QED) is 0.476. The van der Waals surface area contributed by atoms with Gasteiger partial charge in [-0.2, -0.15) is 21.6 Å². The lowest BCUT2D eigenvalue weighted by Gasteiger charge is -2.25. The van der Waals surface area contributed by atoms with Crippen LogP contribution in [0.3, 0.4) is 0 Å². The van der Waals surface area contributed by atoms with Crippen molar-refractivity contribution in [3.8, 4) is 0 Å². The van der Waals surface area contributed by atoms with Gasteiger partial charge in [-0.15, -0.1) is 11.3 Å². The van der Waals surface area contributed by atoms with E-state index in [1.807, 2.05) is 27.7 Å². The standard InChI is InChI=1S/C22H23F3N4O2S2/c1-12-6-8-15-18(13(12)2)29(33(30,31)20-28-17(11-32-20)21(3,4)5)10-14-7-9-16(22(23,24)25)27-19(14)26-15/h6-9,11H,10H2,1-5H3,(H,26,27). The molecular formula is C22H23F3N4O2S2. The number of thiazole rings is 1. The fraction of sp³-hybridized carbons (Fsp3) is 0.364. The van der Waals surface area contributed by atoms with E-state index >= 15 is 0 Å². The second-order valence-electron chi connectivity index (χ2n) is 8.99. The number of benzene rings is 1. The summed E-state index contributed by atoms with van der Waals surface area (Å²) in [5.74, 6) is -0.0263. The van der Waals surface area contributed by atoms with E-state index < -0.39 is 21.9 Å². The molecule has 176 valence electrons. The maximum absolute atomic E-state index is 13.8. The molecule has 0 aliphatic carbocycles. The van der Waals surface area contributed by atoms with Gasteiger partial charge < -0.3 is 5.32 Å². The van der Waals surface area contributed by atoms with Gasteiger partial charge >= 0.3 is 6.18 Å². The molecule has 33 heavy (non-hydrogen) atoms. The first-order valence-electron chi connectivity index (χ1n) is 10.1. The zero-order valence-electron chi connectivity index (χ0n) is 18.7. The van der Waals surface area contributed by atoms with Gasteiger partial charge in [0, 0.05) is 16.4 Å². The molecule has 3 aromatic rings. The number of nitrogens with one attached hydrogen (secondary N) is 1. The zero-order valence-corrected chi connectivity index (χ0v) is 20.3. The van der Waals surface area contributed by atoms with Crippen LogP contribution >= 0.6 is 11.3 Å². The van der Waals surface area contributed by atoms with Crippen molar-refractivity contribution >= 4 is 38.6 Å². The van der Waals surface area contributed by atoms with Gasteiger partial charge in [0.05, 0.1) is 23.6 Å². The molecule has 0 amide bonds. The Morgan fingerprint density at radius 3 is 2.33 bits per heavy atom. The molecule has 0 saturated heterocycles. The smallest absolute Gasteiger partial charge is 0.338 e. The van der Waals surface area contributed by atoms with Gasteiger partial charge in [0.2, 0.25) is 4.34 Å². The van der Waals surface area contributed by atoms with E-state index in [-0.39, 0.29) is 22.1 Å². The Balaban J connectivity index is 1.91. The van der Waals surface area contributed by atoms with E-state index in [2.05, 4.69) is 15.3 Å². The Hall–Kier alpha value is -2.66. The highest BCUT2D eigenvalue weighted by Crippen LogP contribution is 2.43. The largest absolute Gasteiger partial charge is 0.433 e. The van der Waals surface area contributed by atoms with E-state index in [9.17, 15) is 21.6 Å². The lowest BCUT2D eigenvalue weighted by atomic mass is 9.93. The third-order valence-corrected chi connectivity index (χ3v) is 8.53. The molecule has 0 radical (unpaired) electrons. The normalized spacial score (nSPS) is 14.4. The van der Waals surface area contributed by atoms with Crippen LogP contribution < -0.4 is 9.62 Å². The lowest BCUT2D eigenvalue weighted by molar-refractivity contribution is -0.141. The molecular weight excluding hydrogens is 473 g/mol. The molecule has 1 aliphatic rings. The summed E-state index contributed by atoms with van der Waals surface area (Å²) in [6.07, 6.45) is -4.62. The van der Waals surface area contributed by atoms with Gasteiger partial charge in [-0.25, -0.2) is 9.97 Å². The van der Waals surface area contributed by atoms with Crippen molar-refractivity contribution in [1.82, 2.24) is 9.97 Å². The second-order valence-corrected chi connectivity index (χ2v) is 11.9. The number of pyridine rings is 1. The Morgan fingerprint density at radius 1 is 1.03 bits per heavy atom. The van der Waals surface area contributed by atoms with E-state index in [4.69, 9.17) is 0 Å². The number of sulfonamides is 1. The average molecular weight is 497 g/mol. The Kier molecular flexibility index (Phi) is 5.48. The molecule has 4 rings (SSSR count). The zero-order chi connectivity index (χ0) is 24.3. The van der Waals surface area contributed by atoms with Crippen LogP contribution in [0.25, 0.3) is 0 Å². The summed E-state index contributed by atoms with van der Waals surface area (Å²) in [6.45, 7) is 9.27. The van der Waals surface area contributed by atoms with Crippen LogP contribution in [0.15, 0.2) is 34.0 Å². The summed E-state index contributed by atoms with van der Waals surface area (Å²) in [4.78, 5) is 8.14. The number of aryl methyl sites for hydroxylation is 1. The number of halogens is 3. The molecule has 0 spiro atoms. The van der Waals surface area contributed by atoms with E-state index in [0.29, 0.717) is 28.2 Å². The highest BCUT2D eigenvalue weighted by atomic mass is 32.2. The molecule has 1 aromatic carbocycles. The maximum atomic E-state index is 13.8. The summed E-state index contributed by atoms with van der Waals surface area (Å²) in [6, 6.07) is 5.56. The van der Waals surface area contributed by atoms with Gasteiger partial charge in [0.15, 0.2) is 0 Å². The molecule has 1 aliphatic heterocycles. The molecule has 0 bridgehead atoms. The van der Waals surface area contributed by atoms with Crippen LogP contribution in [0.4, 0.5) is 30.4 Å². The van der Waals surface area contributed by atoms with Gasteiger partial charge in [-0.1, -0.05) is 32.9 Å². The van der Waals surface area contributed by atoms with Crippen LogP contribution in [0.5, 0.6) is 0 Å². The summed E-state index contributed by atoms with van der Waals surface area (Å²) < 4.78 is 68.5. The number of hydrogen-bond acceptors (Lipinski definition) is 6. The number of fused-ring (bicyclic) bond motifs is 2. The Morgan fingerprint density at radius 2 is 1.73 bits per heavy atom. The molecule has 1 N–H and O–H groups in total. The highest BCUT2D eigenvalue weighted by Gasteiger charge is 2.37. The van der Waals surface area contributed by atoms with Gasteiger partial charge in [-0.3, -0.25) is 4.31 Å². The number of nitrogens with zero attached hydrogens (tertiary/aromatic N) is 3. The number of rotatable bonds is 2. The molecule has 0 saturated carbocycles. The summed E-state index contributed by atoms with van der Waals surface area (Å²) in [7, 11) is -4.11. The van der Waals surface area contributed by atoms with E-state index in [1.54, 1.807) is 24.4 Å². The van der Waals surface area contributed by atoms with Gasteiger partial charge in [-0.05, 0) is 37.1 Å². The predicted molar refractivity (Wildman–Crippen MR) is 123 cm³/mol. The summed E-state index contributed by atoms with van der Waals surface area (Å²) >= 11 is 1.03. The van der Waals surface area contributed by atoms with Crippen LogP contribution in [0.2, 0.25) is 0 Å². The molecule has 3 heterocycles. The van der Waals surface area contributed by atoms with Crippen LogP contribution in [-0.4, -0.2) is 18.4 Å². The Labute approximate surface area is 194 Å². The average Bonchev–Trinajstić information content (AvgIpc) is 3.15. The predicted octanol–water partition coefficient (Wildman–Crippen LogP) is 5.92. The van der Waals surface area contributed by atoms with E-state index in [0.717, 1.165) is 23.0 Å². The topological polar surface area (TPSA) is 75.2 Å². The maximum Gasteiger partial charge on any atom is 0.433 e. The molecule has 11 heteroatoms. The third kappa shape index (κ3) is 4.19. The number of aromatic nitrogens is 2. The minimum atomic E-state index is -4.62. The summed E-state index contributed by atoms with van der Waals surface area (Å²) in [5, 5.41) is 4.65. The molecule has 6 nitrogen and oxygen atoms in total. The van der Waals surface area contributed by atoms with Crippen molar-refractivity contribution < 1.29 is 21.6 Å². The highest BCUT2D eigenvalue weighted by molar-refractivity contribution is 7.94. The first-order chi connectivity index (χ1) is 15.2. The molecule has 0 fully saturated rings. The minimum absolute atomic E-state index is 0.0263. The van der Waals surface area contributed by atoms with E-state index in [1.165, 1.54) is 10.4 Å². The van der Waals surface area contributed by atoms with Crippen molar-refractivity contribution in [2.75, 3.05) is 9.62 Å². The SMILES string of the molecule is Cc1ccc2c(c1C)N(S(=O)(=O)c1nc(C(C)(C)C)cs1)Cc1ccc(C(F)(F)F)nc1N2. The fourth-order valence-corrected chi connectivity index (χ4v) is 6.34. The minimum Gasteiger partial charge on any atom is -0.338 e. The van der Waals surface area contributed by atoms with Crippen molar-refractivity contribution in [2.45, 2.75) is 57.1 Å². The van der Waals surface area contributed by atoms with Crippen molar-refractivity contribution in [3.05, 3.63) is 57.7 Å². The molecule has 0 unspecified atom stereocenters. The number of anilines is 3. The third-order valence-electron chi connectivity index (χ3n) is 5.55. The number of alkyl halides is 3. The lowest BCUT2D eigenvalue weighted by Crippen LogP contribution is -2.31. The van der Waals surface area contributed by atoms with Gasteiger partial charge in [0.25, 0.3) is 10.0 Å². The summed E-state index contributed by atoms with van der Waals surface area (Å²) in [5.41, 5.74) is 1.86. The first-order valence-corrected chi connectivity index (χ1v) is 12.4. The molecule has 0 atom stereocenters. The molecule has 2 aromatic heterocycles. The monoisotopic (exact) mass is 496 g/mol. The van der Waals surface area contributed by atoms with Crippen molar-refractivity contribution in [1.29, 1.82) is 0 Å². The van der Waals surface area contributed by atoms with Gasteiger partial charge in [0.1, 0.15) is 11.5 Å². The van der Waals surface area contributed by atoms with Crippen molar-refractivity contribution in [3.63, 3.8) is 0 Å². The van der Waals surface area contributed by atoms with Crippen LogP contribution in [0, 0.1) is 13.8 Å². The first kappa shape index (κ1) is 23.5. The van der Waals surface area contributed by atoms with Crippen LogP contribution in [0.1, 0.15) is 48.8 Å². The fourth-order valence-electron chi connectivity index (χ4n) is 3.49. The second kappa shape index (κ2) is 7.69.